The quantitative estimate of drug-likeness (QED) is 0.438. The zero-order chi connectivity index (χ0) is 27.9. The van der Waals surface area contributed by atoms with Gasteiger partial charge in [-0.25, -0.2) is 14.3 Å². The van der Waals surface area contributed by atoms with Gasteiger partial charge in [-0.15, -0.1) is 11.3 Å². The number of alkyl halides is 3. The van der Waals surface area contributed by atoms with Crippen molar-refractivity contribution in [2.24, 2.45) is 5.73 Å². The average Bonchev–Trinajstić information content (AvgIpc) is 3.43. The van der Waals surface area contributed by atoms with E-state index in [9.17, 15) is 31.5 Å². The van der Waals surface area contributed by atoms with Gasteiger partial charge in [-0.1, -0.05) is 18.2 Å². The summed E-state index contributed by atoms with van der Waals surface area (Å²) >= 11 is 1.45. The number of carboxylic acids is 1. The number of amides is 1. The lowest BCUT2D eigenvalue weighted by Crippen LogP contribution is -2.27. The van der Waals surface area contributed by atoms with Crippen LogP contribution in [-0.2, 0) is 17.9 Å². The topological polar surface area (TPSA) is 123 Å². The van der Waals surface area contributed by atoms with Gasteiger partial charge < -0.3 is 15.7 Å². The Kier molecular flexibility index (Phi) is 9.85. The molecule has 0 aliphatic rings. The maximum atomic E-state index is 12.8. The predicted octanol–water partition coefficient (Wildman–Crippen LogP) is 3.27. The molecule has 0 spiro atoms. The first kappa shape index (κ1) is 29.4. The summed E-state index contributed by atoms with van der Waals surface area (Å²) in [5.74, 6) is -2.85. The van der Waals surface area contributed by atoms with Gasteiger partial charge in [0, 0.05) is 47.1 Å². The third-order valence-electron chi connectivity index (χ3n) is 4.71. The molecule has 3 rings (SSSR count). The largest absolute Gasteiger partial charge is 0.490 e. The Morgan fingerprint density at radius 3 is 2.30 bits per heavy atom. The summed E-state index contributed by atoms with van der Waals surface area (Å²) < 4.78 is 59.6. The highest BCUT2D eigenvalue weighted by Crippen LogP contribution is 2.31. The van der Waals surface area contributed by atoms with Crippen LogP contribution >= 0.6 is 11.3 Å². The highest BCUT2D eigenvalue weighted by atomic mass is 32.1. The predicted molar refractivity (Wildman–Crippen MR) is 125 cm³/mol. The molecule has 0 aliphatic carbocycles. The van der Waals surface area contributed by atoms with Crippen LogP contribution in [0.1, 0.15) is 15.2 Å². The van der Waals surface area contributed by atoms with E-state index in [-0.39, 0.29) is 31.1 Å². The number of carboxylic acid groups (broad SMARTS) is 1. The number of halogens is 5. The number of nitrogens with zero attached hydrogens (tertiary/aromatic N) is 4. The van der Waals surface area contributed by atoms with Crippen LogP contribution in [0.3, 0.4) is 0 Å². The fourth-order valence-corrected chi connectivity index (χ4v) is 3.92. The molecule has 1 aromatic carbocycles. The summed E-state index contributed by atoms with van der Waals surface area (Å²) in [6.45, 7) is -0.450. The van der Waals surface area contributed by atoms with Crippen LogP contribution in [0.5, 0.6) is 0 Å². The molecule has 0 fully saturated rings. The molecule has 0 unspecified atom stereocenters. The van der Waals surface area contributed by atoms with Crippen molar-refractivity contribution in [3.05, 3.63) is 75.3 Å². The average molecular weight is 548 g/mol. The number of carbonyl (C=O) groups excluding carboxylic acids is 1. The first-order valence-electron chi connectivity index (χ1n) is 10.3. The number of benzene rings is 1. The summed E-state index contributed by atoms with van der Waals surface area (Å²) in [7, 11) is 3.40. The standard InChI is InChI=1S/C20H21F2N5O2S.C2HF3O2/c1-25(2)19(28)16-6-4-3-5-15(16)17-8-7-14(30-17)11-26-12-24-27(20(26)29)10-13(9-23)18(21)22;3-2(4,5)1(6)7/h3-8,12H,9-11,23H2,1-2H3;(H,6,7). The van der Waals surface area contributed by atoms with Gasteiger partial charge in [0.05, 0.1) is 13.1 Å². The Morgan fingerprint density at radius 1 is 1.14 bits per heavy atom. The smallest absolute Gasteiger partial charge is 0.475 e. The minimum atomic E-state index is -5.08. The van der Waals surface area contributed by atoms with Crippen LogP contribution < -0.4 is 11.4 Å². The number of aliphatic carboxylic acids is 1. The molecule has 9 nitrogen and oxygen atoms in total. The molecule has 0 radical (unpaired) electrons. The molecule has 37 heavy (non-hydrogen) atoms. The second-order valence-electron chi connectivity index (χ2n) is 7.58. The van der Waals surface area contributed by atoms with Gasteiger partial charge in [-0.05, 0) is 18.2 Å². The highest BCUT2D eigenvalue weighted by Gasteiger charge is 2.38. The summed E-state index contributed by atoms with van der Waals surface area (Å²) in [5, 5.41) is 11.0. The number of carbonyl (C=O) groups is 2. The summed E-state index contributed by atoms with van der Waals surface area (Å²) in [6, 6.07) is 11.1. The summed E-state index contributed by atoms with van der Waals surface area (Å²) in [6.07, 6.45) is -5.66. The molecule has 2 aromatic heterocycles. The molecule has 0 atom stereocenters. The van der Waals surface area contributed by atoms with Crippen LogP contribution in [0.4, 0.5) is 22.0 Å². The Bertz CT molecular complexity index is 1340. The van der Waals surface area contributed by atoms with Crippen molar-refractivity contribution >= 4 is 23.2 Å². The van der Waals surface area contributed by atoms with E-state index in [4.69, 9.17) is 15.6 Å². The molecule has 3 aromatic rings. The first-order valence-corrected chi connectivity index (χ1v) is 11.1. The molecule has 0 aliphatic heterocycles. The lowest BCUT2D eigenvalue weighted by molar-refractivity contribution is -0.192. The summed E-state index contributed by atoms with van der Waals surface area (Å²) in [4.78, 5) is 37.1. The van der Waals surface area contributed by atoms with Crippen molar-refractivity contribution in [2.75, 3.05) is 20.6 Å². The van der Waals surface area contributed by atoms with E-state index in [1.165, 1.54) is 27.1 Å². The molecule has 0 bridgehead atoms. The van der Waals surface area contributed by atoms with Gasteiger partial charge in [0.25, 0.3) is 12.0 Å². The van der Waals surface area contributed by atoms with Crippen molar-refractivity contribution < 1.29 is 36.6 Å². The maximum Gasteiger partial charge on any atom is 0.490 e. The van der Waals surface area contributed by atoms with Gasteiger partial charge in [0.2, 0.25) is 0 Å². The number of nitrogens with two attached hydrogens (primary N) is 1. The number of rotatable bonds is 7. The lowest BCUT2D eigenvalue weighted by atomic mass is 10.1. The second-order valence-corrected chi connectivity index (χ2v) is 8.75. The minimum Gasteiger partial charge on any atom is -0.475 e. The Morgan fingerprint density at radius 2 is 1.76 bits per heavy atom. The number of aromatic nitrogens is 3. The SMILES string of the molecule is CN(C)C(=O)c1ccccc1-c1ccc(Cn2cnn(CC(CN)=C(F)F)c2=O)s1.O=C(O)C(F)(F)F. The van der Waals surface area contributed by atoms with E-state index in [0.717, 1.165) is 20.0 Å². The van der Waals surface area contributed by atoms with Crippen molar-refractivity contribution in [2.45, 2.75) is 19.3 Å². The van der Waals surface area contributed by atoms with Crippen molar-refractivity contribution in [1.82, 2.24) is 19.2 Å². The fourth-order valence-electron chi connectivity index (χ4n) is 2.87. The molecular weight excluding hydrogens is 525 g/mol. The Hall–Kier alpha value is -3.85. The lowest BCUT2D eigenvalue weighted by Gasteiger charge is -2.13. The van der Waals surface area contributed by atoms with Gasteiger partial charge in [-0.3, -0.25) is 9.36 Å². The molecular formula is C22H22F5N5O4S. The Balaban J connectivity index is 0.000000604. The van der Waals surface area contributed by atoms with Gasteiger partial charge >= 0.3 is 17.8 Å². The molecule has 2 heterocycles. The number of hydrogen-bond acceptors (Lipinski definition) is 6. The second kappa shape index (κ2) is 12.4. The van der Waals surface area contributed by atoms with Gasteiger partial charge in [-0.2, -0.15) is 27.1 Å². The van der Waals surface area contributed by atoms with Crippen molar-refractivity contribution in [1.29, 1.82) is 0 Å². The van der Waals surface area contributed by atoms with E-state index < -0.39 is 23.9 Å². The fraction of sp³-hybridized carbons (Fsp3) is 0.273. The van der Waals surface area contributed by atoms with Crippen LogP contribution in [0, 0.1) is 0 Å². The zero-order valence-corrected chi connectivity index (χ0v) is 20.3. The number of thiophene rings is 1. The molecule has 0 saturated carbocycles. The zero-order valence-electron chi connectivity index (χ0n) is 19.5. The van der Waals surface area contributed by atoms with E-state index in [1.807, 2.05) is 30.3 Å². The minimum absolute atomic E-state index is 0.0955. The molecule has 1 amide bonds. The van der Waals surface area contributed by atoms with E-state index in [1.54, 1.807) is 20.2 Å². The van der Waals surface area contributed by atoms with Crippen LogP contribution in [0.15, 0.2) is 59.2 Å². The third kappa shape index (κ3) is 7.82. The van der Waals surface area contributed by atoms with Gasteiger partial charge in [0.15, 0.2) is 0 Å². The monoisotopic (exact) mass is 547 g/mol. The summed E-state index contributed by atoms with van der Waals surface area (Å²) in [5.41, 5.74) is 5.87. The van der Waals surface area contributed by atoms with Crippen LogP contribution in [0.2, 0.25) is 0 Å². The molecule has 15 heteroatoms. The molecule has 0 saturated heterocycles. The maximum absolute atomic E-state index is 12.8. The normalized spacial score (nSPS) is 10.9. The van der Waals surface area contributed by atoms with E-state index >= 15 is 0 Å². The van der Waals surface area contributed by atoms with Crippen molar-refractivity contribution in [3.63, 3.8) is 0 Å². The Labute approximate surface area is 210 Å². The number of hydrogen-bond donors (Lipinski definition) is 2. The first-order chi connectivity index (χ1) is 17.3. The van der Waals surface area contributed by atoms with Gasteiger partial charge in [0.1, 0.15) is 6.33 Å². The van der Waals surface area contributed by atoms with Crippen LogP contribution in [0.25, 0.3) is 10.4 Å². The van der Waals surface area contributed by atoms with Crippen LogP contribution in [-0.4, -0.2) is 63.0 Å². The molecule has 200 valence electrons. The molecule has 3 N–H and O–H groups in total. The van der Waals surface area contributed by atoms with E-state index in [2.05, 4.69) is 5.10 Å². The van der Waals surface area contributed by atoms with E-state index in [0.29, 0.717) is 5.56 Å². The highest BCUT2D eigenvalue weighted by molar-refractivity contribution is 7.15. The third-order valence-corrected chi connectivity index (χ3v) is 5.81. The van der Waals surface area contributed by atoms with Crippen molar-refractivity contribution in [3.8, 4) is 10.4 Å².